The molecule has 0 radical (unpaired) electrons. The van der Waals surface area contributed by atoms with Crippen LogP contribution in [-0.4, -0.2) is 25.1 Å². The molecule has 0 aliphatic carbocycles. The van der Waals surface area contributed by atoms with Gasteiger partial charge in [0.2, 0.25) is 0 Å². The number of carbonyl (C=O) groups excluding carboxylic acids is 1. The molecular weight excluding hydrogens is 396 g/mol. The fraction of sp³-hybridized carbons (Fsp3) is 0.190. The van der Waals surface area contributed by atoms with Gasteiger partial charge in [0.1, 0.15) is 0 Å². The Morgan fingerprint density at radius 2 is 1.75 bits per heavy atom. The lowest BCUT2D eigenvalue weighted by atomic mass is 10.0. The van der Waals surface area contributed by atoms with Crippen LogP contribution in [0, 0.1) is 0 Å². The number of benzene rings is 2. The molecule has 2 aromatic carbocycles. The molecule has 3 rings (SSSR count). The summed E-state index contributed by atoms with van der Waals surface area (Å²) in [5.41, 5.74) is 3.78. The number of carbonyl (C=O) groups is 1. The molecule has 0 unspecified atom stereocenters. The van der Waals surface area contributed by atoms with Crippen LogP contribution in [0.5, 0.6) is 0 Å². The molecule has 1 N–H and O–H groups in total. The highest BCUT2D eigenvalue weighted by molar-refractivity contribution is 7.90. The summed E-state index contributed by atoms with van der Waals surface area (Å²) < 4.78 is 25.1. The van der Waals surface area contributed by atoms with Gasteiger partial charge in [-0.25, -0.2) is 8.42 Å². The van der Waals surface area contributed by atoms with Gasteiger partial charge in [-0.2, -0.15) is 0 Å². The van der Waals surface area contributed by atoms with E-state index in [-0.39, 0.29) is 10.8 Å². The summed E-state index contributed by atoms with van der Waals surface area (Å²) in [6.45, 7) is 1.99. The molecule has 1 heterocycles. The first-order valence-electron chi connectivity index (χ1n) is 8.77. The van der Waals surface area contributed by atoms with Crippen LogP contribution in [0.1, 0.15) is 22.8 Å². The Bertz CT molecular complexity index is 1130. The summed E-state index contributed by atoms with van der Waals surface area (Å²) in [5, 5.41) is 3.46. The zero-order valence-electron chi connectivity index (χ0n) is 15.9. The van der Waals surface area contributed by atoms with Crippen molar-refractivity contribution in [2.45, 2.75) is 18.2 Å². The van der Waals surface area contributed by atoms with E-state index in [2.05, 4.69) is 5.32 Å². The second kappa shape index (κ2) is 7.81. The number of aromatic nitrogens is 1. The molecule has 5 nitrogen and oxygen atoms in total. The van der Waals surface area contributed by atoms with Crippen molar-refractivity contribution in [2.75, 3.05) is 11.6 Å². The number of nitrogens with zero attached hydrogens (tertiary/aromatic N) is 1. The zero-order chi connectivity index (χ0) is 20.5. The monoisotopic (exact) mass is 416 g/mol. The van der Waals surface area contributed by atoms with Gasteiger partial charge < -0.3 is 9.88 Å². The maximum Gasteiger partial charge on any atom is 0.257 e. The molecule has 3 aromatic rings. The van der Waals surface area contributed by atoms with Crippen LogP contribution in [0.25, 0.3) is 11.3 Å². The zero-order valence-corrected chi connectivity index (χ0v) is 17.4. The molecule has 28 heavy (non-hydrogen) atoms. The summed E-state index contributed by atoms with van der Waals surface area (Å²) in [7, 11) is -1.39. The van der Waals surface area contributed by atoms with Crippen LogP contribution in [-0.2, 0) is 23.3 Å². The molecule has 0 saturated heterocycles. The average molecular weight is 417 g/mol. The fourth-order valence-electron chi connectivity index (χ4n) is 3.22. The normalized spacial score (nSPS) is 11.4. The van der Waals surface area contributed by atoms with Crippen LogP contribution < -0.4 is 5.32 Å². The lowest BCUT2D eigenvalue weighted by Gasteiger charge is -2.10. The number of rotatable bonds is 5. The van der Waals surface area contributed by atoms with Gasteiger partial charge in [-0.15, -0.1) is 0 Å². The third-order valence-electron chi connectivity index (χ3n) is 4.55. The molecule has 0 aliphatic rings. The summed E-state index contributed by atoms with van der Waals surface area (Å²) in [5.74, 6) is -0.252. The predicted molar refractivity (Wildman–Crippen MR) is 113 cm³/mol. The smallest absolute Gasteiger partial charge is 0.257 e. The maximum atomic E-state index is 12.9. The Kier molecular flexibility index (Phi) is 5.63. The number of halogens is 1. The van der Waals surface area contributed by atoms with E-state index in [0.717, 1.165) is 23.1 Å². The van der Waals surface area contributed by atoms with Crippen LogP contribution in [0.4, 0.5) is 5.69 Å². The fourth-order valence-corrected chi connectivity index (χ4v) is 4.08. The van der Waals surface area contributed by atoms with Crippen molar-refractivity contribution in [1.29, 1.82) is 0 Å². The number of hydrogen-bond donors (Lipinski definition) is 1. The van der Waals surface area contributed by atoms with E-state index in [1.54, 1.807) is 18.3 Å². The quantitative estimate of drug-likeness (QED) is 0.662. The Morgan fingerprint density at radius 1 is 1.11 bits per heavy atom. The number of amides is 1. The first-order chi connectivity index (χ1) is 13.2. The lowest BCUT2D eigenvalue weighted by molar-refractivity contribution is 0.102. The van der Waals surface area contributed by atoms with Gasteiger partial charge in [0.25, 0.3) is 5.91 Å². The van der Waals surface area contributed by atoms with E-state index < -0.39 is 9.84 Å². The number of anilines is 1. The highest BCUT2D eigenvalue weighted by atomic mass is 35.5. The number of nitrogens with one attached hydrogen (secondary N) is 1. The summed E-state index contributed by atoms with van der Waals surface area (Å²) in [6, 6.07) is 13.7. The third-order valence-corrected chi connectivity index (χ3v) is 6.01. The molecule has 0 atom stereocenters. The lowest BCUT2D eigenvalue weighted by Crippen LogP contribution is -2.13. The maximum absolute atomic E-state index is 12.9. The standard InChI is InChI=1S/C21H21ClN2O3S/c1-4-16-18(13-24(2)20(16)17-7-5-6-8-19(17)22)21(25)23-14-9-11-15(12-10-14)28(3,26)27/h5-13H,4H2,1-3H3,(H,23,25). The van der Waals surface area contributed by atoms with E-state index in [4.69, 9.17) is 11.6 Å². The Labute approximate surface area is 169 Å². The topological polar surface area (TPSA) is 68.2 Å². The summed E-state index contributed by atoms with van der Waals surface area (Å²) in [4.78, 5) is 13.1. The molecule has 1 aromatic heterocycles. The largest absolute Gasteiger partial charge is 0.349 e. The SMILES string of the molecule is CCc1c(C(=O)Nc2ccc(S(C)(=O)=O)cc2)cn(C)c1-c1ccccc1Cl. The van der Waals surface area contributed by atoms with Gasteiger partial charge in [-0.3, -0.25) is 4.79 Å². The number of sulfone groups is 1. The van der Waals surface area contributed by atoms with Crippen molar-refractivity contribution in [3.63, 3.8) is 0 Å². The van der Waals surface area contributed by atoms with Crippen molar-refractivity contribution in [2.24, 2.45) is 7.05 Å². The Hall–Kier alpha value is -2.57. The summed E-state index contributed by atoms with van der Waals surface area (Å²) in [6.07, 6.45) is 3.60. The van der Waals surface area contributed by atoms with E-state index in [0.29, 0.717) is 22.7 Å². The van der Waals surface area contributed by atoms with Crippen molar-refractivity contribution < 1.29 is 13.2 Å². The Morgan fingerprint density at radius 3 is 2.32 bits per heavy atom. The highest BCUT2D eigenvalue weighted by Gasteiger charge is 2.21. The van der Waals surface area contributed by atoms with Crippen molar-refractivity contribution in [1.82, 2.24) is 4.57 Å². The van der Waals surface area contributed by atoms with Crippen LogP contribution in [0.2, 0.25) is 5.02 Å². The molecule has 1 amide bonds. The highest BCUT2D eigenvalue weighted by Crippen LogP contribution is 2.33. The van der Waals surface area contributed by atoms with E-state index in [1.165, 1.54) is 12.1 Å². The minimum Gasteiger partial charge on any atom is -0.349 e. The average Bonchev–Trinajstić information content (AvgIpc) is 2.98. The third kappa shape index (κ3) is 3.98. The molecule has 146 valence electrons. The number of hydrogen-bond acceptors (Lipinski definition) is 3. The van der Waals surface area contributed by atoms with E-state index in [9.17, 15) is 13.2 Å². The molecule has 0 fully saturated rings. The number of aryl methyl sites for hydroxylation is 1. The first kappa shape index (κ1) is 20.2. The van der Waals surface area contributed by atoms with Gasteiger partial charge in [-0.1, -0.05) is 36.7 Å². The predicted octanol–water partition coefficient (Wildman–Crippen LogP) is 4.56. The van der Waals surface area contributed by atoms with Crippen LogP contribution in [0.3, 0.4) is 0 Å². The molecular formula is C21H21ClN2O3S. The first-order valence-corrected chi connectivity index (χ1v) is 11.0. The minimum atomic E-state index is -3.28. The van der Waals surface area contributed by atoms with Crippen LogP contribution in [0.15, 0.2) is 59.6 Å². The minimum absolute atomic E-state index is 0.209. The van der Waals surface area contributed by atoms with E-state index >= 15 is 0 Å². The van der Waals surface area contributed by atoms with Crippen molar-refractivity contribution >= 4 is 33.0 Å². The van der Waals surface area contributed by atoms with Gasteiger partial charge in [0.15, 0.2) is 9.84 Å². The van der Waals surface area contributed by atoms with Crippen molar-refractivity contribution in [3.8, 4) is 11.3 Å². The Balaban J connectivity index is 1.95. The van der Waals surface area contributed by atoms with E-state index in [1.807, 2.05) is 42.8 Å². The molecule has 0 spiro atoms. The van der Waals surface area contributed by atoms with Gasteiger partial charge in [0, 0.05) is 35.8 Å². The summed E-state index contributed by atoms with van der Waals surface area (Å²) >= 11 is 6.37. The second-order valence-electron chi connectivity index (χ2n) is 6.56. The molecule has 0 saturated carbocycles. The van der Waals surface area contributed by atoms with Gasteiger partial charge in [0.05, 0.1) is 16.2 Å². The van der Waals surface area contributed by atoms with Gasteiger partial charge in [-0.05, 0) is 42.3 Å². The van der Waals surface area contributed by atoms with Crippen LogP contribution >= 0.6 is 11.6 Å². The second-order valence-corrected chi connectivity index (χ2v) is 8.99. The molecule has 0 bridgehead atoms. The molecule has 0 aliphatic heterocycles. The van der Waals surface area contributed by atoms with Gasteiger partial charge >= 0.3 is 0 Å². The molecule has 7 heteroatoms. The van der Waals surface area contributed by atoms with Crippen molar-refractivity contribution in [3.05, 3.63) is 70.9 Å².